The van der Waals surface area contributed by atoms with Crippen molar-refractivity contribution < 1.29 is 4.79 Å². The molecule has 0 aliphatic heterocycles. The number of hydrogen-bond donors (Lipinski definition) is 1. The molecule has 1 atom stereocenters. The summed E-state index contributed by atoms with van der Waals surface area (Å²) in [6, 6.07) is 17.7. The van der Waals surface area contributed by atoms with Crippen LogP contribution in [0.4, 0.5) is 0 Å². The van der Waals surface area contributed by atoms with Gasteiger partial charge in [-0.1, -0.05) is 35.9 Å². The quantitative estimate of drug-likeness (QED) is 0.785. The predicted octanol–water partition coefficient (Wildman–Crippen LogP) is 3.35. The van der Waals surface area contributed by atoms with Gasteiger partial charge in [-0.25, -0.2) is 0 Å². The van der Waals surface area contributed by atoms with Crippen LogP contribution in [0.3, 0.4) is 0 Å². The summed E-state index contributed by atoms with van der Waals surface area (Å²) in [4.78, 5) is 20.7. The molecule has 3 rings (SSSR count). The Balaban J connectivity index is 1.80. The van der Waals surface area contributed by atoms with E-state index >= 15 is 0 Å². The van der Waals surface area contributed by atoms with E-state index < -0.39 is 0 Å². The maximum Gasteiger partial charge on any atom is 0.252 e. The van der Waals surface area contributed by atoms with E-state index in [0.29, 0.717) is 12.1 Å². The van der Waals surface area contributed by atoms with Crippen molar-refractivity contribution in [3.63, 3.8) is 0 Å². The Labute approximate surface area is 141 Å². The van der Waals surface area contributed by atoms with Gasteiger partial charge in [0.1, 0.15) is 0 Å². The van der Waals surface area contributed by atoms with Crippen molar-refractivity contribution in [1.29, 1.82) is 0 Å². The van der Waals surface area contributed by atoms with Crippen LogP contribution in [0.25, 0.3) is 0 Å². The van der Waals surface area contributed by atoms with E-state index in [0.717, 1.165) is 11.3 Å². The number of amides is 1. The Morgan fingerprint density at radius 3 is 2.54 bits per heavy atom. The number of nitrogens with one attached hydrogen (secondary N) is 1. The molecule has 0 aliphatic carbocycles. The van der Waals surface area contributed by atoms with Gasteiger partial charge in [-0.2, -0.15) is 0 Å². The standard InChI is InChI=1S/C20H19N3O/c1-15-7-9-16(10-8-15)18(19-6-2-3-12-22-19)14-23-20(24)17-5-4-11-21-13-17/h2-13,18H,14H2,1H3,(H,23,24). The molecule has 0 spiro atoms. The van der Waals surface area contributed by atoms with Gasteiger partial charge in [-0.05, 0) is 36.8 Å². The first kappa shape index (κ1) is 15.9. The highest BCUT2D eigenvalue weighted by Gasteiger charge is 2.17. The number of carbonyl (C=O) groups excluding carboxylic acids is 1. The molecule has 2 heterocycles. The molecule has 0 radical (unpaired) electrons. The minimum absolute atomic E-state index is 0.00687. The molecule has 0 saturated heterocycles. The first-order chi connectivity index (χ1) is 11.7. The predicted molar refractivity (Wildman–Crippen MR) is 93.8 cm³/mol. The van der Waals surface area contributed by atoms with E-state index in [4.69, 9.17) is 0 Å². The fourth-order valence-corrected chi connectivity index (χ4v) is 2.57. The van der Waals surface area contributed by atoms with Crippen LogP contribution in [0.1, 0.15) is 33.1 Å². The lowest BCUT2D eigenvalue weighted by molar-refractivity contribution is 0.0952. The van der Waals surface area contributed by atoms with Crippen molar-refractivity contribution >= 4 is 5.91 Å². The average Bonchev–Trinajstić information content (AvgIpc) is 2.65. The van der Waals surface area contributed by atoms with Crippen molar-refractivity contribution in [1.82, 2.24) is 15.3 Å². The fraction of sp³-hybridized carbons (Fsp3) is 0.150. The second-order valence-corrected chi connectivity index (χ2v) is 5.67. The van der Waals surface area contributed by atoms with E-state index in [1.54, 1.807) is 30.7 Å². The normalized spacial score (nSPS) is 11.7. The van der Waals surface area contributed by atoms with Gasteiger partial charge < -0.3 is 5.32 Å². The van der Waals surface area contributed by atoms with Gasteiger partial charge >= 0.3 is 0 Å². The van der Waals surface area contributed by atoms with E-state index in [1.165, 1.54) is 5.56 Å². The highest BCUT2D eigenvalue weighted by molar-refractivity contribution is 5.93. The Bertz CT molecular complexity index is 786. The molecule has 0 fully saturated rings. The van der Waals surface area contributed by atoms with Crippen molar-refractivity contribution in [2.45, 2.75) is 12.8 Å². The van der Waals surface area contributed by atoms with Crippen molar-refractivity contribution in [2.24, 2.45) is 0 Å². The number of nitrogens with zero attached hydrogens (tertiary/aromatic N) is 2. The van der Waals surface area contributed by atoms with Gasteiger partial charge in [0.05, 0.1) is 5.56 Å². The molecule has 0 bridgehead atoms. The summed E-state index contributed by atoms with van der Waals surface area (Å²) < 4.78 is 0. The number of hydrogen-bond acceptors (Lipinski definition) is 3. The third-order valence-corrected chi connectivity index (χ3v) is 3.91. The van der Waals surface area contributed by atoms with Gasteiger partial charge in [-0.3, -0.25) is 14.8 Å². The second kappa shape index (κ2) is 7.51. The summed E-state index contributed by atoms with van der Waals surface area (Å²) in [7, 11) is 0. The van der Waals surface area contributed by atoms with Crippen molar-refractivity contribution in [2.75, 3.05) is 6.54 Å². The van der Waals surface area contributed by atoms with E-state index in [9.17, 15) is 4.79 Å². The zero-order chi connectivity index (χ0) is 16.8. The lowest BCUT2D eigenvalue weighted by Gasteiger charge is -2.18. The Morgan fingerprint density at radius 2 is 1.88 bits per heavy atom. The highest BCUT2D eigenvalue weighted by atomic mass is 16.1. The largest absolute Gasteiger partial charge is 0.351 e. The first-order valence-electron chi connectivity index (χ1n) is 7.90. The Hall–Kier alpha value is -3.01. The zero-order valence-corrected chi connectivity index (χ0v) is 13.5. The maximum atomic E-state index is 12.3. The van der Waals surface area contributed by atoms with Crippen molar-refractivity contribution in [3.05, 3.63) is 95.6 Å². The van der Waals surface area contributed by atoms with Gasteiger partial charge in [0.25, 0.3) is 5.91 Å². The third-order valence-electron chi connectivity index (χ3n) is 3.91. The summed E-state index contributed by atoms with van der Waals surface area (Å²) in [5.74, 6) is -0.122. The molecule has 1 amide bonds. The lowest BCUT2D eigenvalue weighted by atomic mass is 9.94. The summed E-state index contributed by atoms with van der Waals surface area (Å²) in [5, 5.41) is 2.99. The summed E-state index contributed by atoms with van der Waals surface area (Å²) in [6.45, 7) is 2.54. The van der Waals surface area contributed by atoms with Crippen LogP contribution < -0.4 is 5.32 Å². The number of pyridine rings is 2. The smallest absolute Gasteiger partial charge is 0.252 e. The van der Waals surface area contributed by atoms with Crippen LogP contribution in [0.2, 0.25) is 0 Å². The number of aryl methyl sites for hydroxylation is 1. The minimum atomic E-state index is -0.129. The maximum absolute atomic E-state index is 12.3. The first-order valence-corrected chi connectivity index (χ1v) is 7.90. The van der Waals surface area contributed by atoms with E-state index in [-0.39, 0.29) is 11.8 Å². The van der Waals surface area contributed by atoms with Crippen LogP contribution in [0, 0.1) is 6.92 Å². The molecule has 0 saturated carbocycles. The number of benzene rings is 1. The van der Waals surface area contributed by atoms with E-state index in [2.05, 4.69) is 46.5 Å². The highest BCUT2D eigenvalue weighted by Crippen LogP contribution is 2.22. The molecule has 3 aromatic rings. The van der Waals surface area contributed by atoms with Gasteiger partial charge in [0.2, 0.25) is 0 Å². The summed E-state index contributed by atoms with van der Waals surface area (Å²) in [5.41, 5.74) is 3.83. The van der Waals surface area contributed by atoms with Crippen LogP contribution in [0.5, 0.6) is 0 Å². The number of rotatable bonds is 5. The van der Waals surface area contributed by atoms with Crippen LogP contribution in [0.15, 0.2) is 73.2 Å². The number of aromatic nitrogens is 2. The number of carbonyl (C=O) groups is 1. The molecule has 1 N–H and O–H groups in total. The lowest BCUT2D eigenvalue weighted by Crippen LogP contribution is -2.29. The molecule has 1 unspecified atom stereocenters. The average molecular weight is 317 g/mol. The van der Waals surface area contributed by atoms with Crippen LogP contribution in [-0.4, -0.2) is 22.4 Å². The molecule has 120 valence electrons. The van der Waals surface area contributed by atoms with Crippen molar-refractivity contribution in [3.8, 4) is 0 Å². The minimum Gasteiger partial charge on any atom is -0.351 e. The van der Waals surface area contributed by atoms with Crippen LogP contribution in [-0.2, 0) is 0 Å². The molecule has 4 nitrogen and oxygen atoms in total. The van der Waals surface area contributed by atoms with Gasteiger partial charge in [0.15, 0.2) is 0 Å². The van der Waals surface area contributed by atoms with E-state index in [1.807, 2.05) is 18.2 Å². The SMILES string of the molecule is Cc1ccc(C(CNC(=O)c2cccnc2)c2ccccn2)cc1. The third kappa shape index (κ3) is 3.84. The fourth-order valence-electron chi connectivity index (χ4n) is 2.57. The molecular weight excluding hydrogens is 298 g/mol. The summed E-state index contributed by atoms with van der Waals surface area (Å²) >= 11 is 0. The summed E-state index contributed by atoms with van der Waals surface area (Å²) in [6.07, 6.45) is 5.00. The Morgan fingerprint density at radius 1 is 1.04 bits per heavy atom. The molecule has 24 heavy (non-hydrogen) atoms. The zero-order valence-electron chi connectivity index (χ0n) is 13.5. The second-order valence-electron chi connectivity index (χ2n) is 5.67. The molecular formula is C20H19N3O. The monoisotopic (exact) mass is 317 g/mol. The molecule has 2 aromatic heterocycles. The molecule has 0 aliphatic rings. The topological polar surface area (TPSA) is 54.9 Å². The molecule has 4 heteroatoms. The van der Waals surface area contributed by atoms with Gasteiger partial charge in [-0.15, -0.1) is 0 Å². The Kier molecular flexibility index (Phi) is 4.96. The molecule has 1 aromatic carbocycles. The van der Waals surface area contributed by atoms with Gasteiger partial charge in [0, 0.05) is 36.7 Å². The van der Waals surface area contributed by atoms with Crippen LogP contribution >= 0.6 is 0 Å².